The van der Waals surface area contributed by atoms with E-state index in [0.29, 0.717) is 0 Å². The molecule has 0 spiro atoms. The van der Waals surface area contributed by atoms with Crippen LogP contribution in [0.5, 0.6) is 0 Å². The summed E-state index contributed by atoms with van der Waals surface area (Å²) >= 11 is 0. The van der Waals surface area contributed by atoms with Gasteiger partial charge in [0.1, 0.15) is 0 Å². The van der Waals surface area contributed by atoms with Gasteiger partial charge in [0.05, 0.1) is 0 Å². The highest BCUT2D eigenvalue weighted by Crippen LogP contribution is 2.45. The summed E-state index contributed by atoms with van der Waals surface area (Å²) in [5.74, 6) is 0. The predicted octanol–water partition coefficient (Wildman–Crippen LogP) is 4.78. The molecule has 0 aliphatic heterocycles. The molecule has 0 saturated heterocycles. The van der Waals surface area contributed by atoms with Crippen molar-refractivity contribution >= 4 is 8.80 Å². The van der Waals surface area contributed by atoms with Crippen molar-refractivity contribution in [2.24, 2.45) is 0 Å². The molecule has 0 aromatic carbocycles. The topological polar surface area (TPSA) is 27.7 Å². The van der Waals surface area contributed by atoms with Gasteiger partial charge in [-0.2, -0.15) is 0 Å². The maximum absolute atomic E-state index is 6.27. The standard InChI is InChI=1S/C15H34O3Si/c1-10-11-15(8,9)19(16-12(2)3,17-13(4)5)18-14(6)7/h12-14H,10-11H2,1-9H3. The highest BCUT2D eigenvalue weighted by atomic mass is 28.4. The average Bonchev–Trinajstić information content (AvgIpc) is 2.12. The van der Waals surface area contributed by atoms with Gasteiger partial charge in [-0.1, -0.05) is 27.2 Å². The third-order valence-electron chi connectivity index (χ3n) is 2.88. The largest absolute Gasteiger partial charge is 0.507 e. The predicted molar refractivity (Wildman–Crippen MR) is 83.4 cm³/mol. The first-order chi connectivity index (χ1) is 8.56. The van der Waals surface area contributed by atoms with Crippen LogP contribution >= 0.6 is 0 Å². The molecule has 0 fully saturated rings. The minimum Gasteiger partial charge on any atom is -0.371 e. The van der Waals surface area contributed by atoms with Gasteiger partial charge in [0.25, 0.3) is 0 Å². The second-order valence-corrected chi connectivity index (χ2v) is 9.86. The SMILES string of the molecule is CCCC(C)(C)[Si](OC(C)C)(OC(C)C)OC(C)C. The molecule has 116 valence electrons. The quantitative estimate of drug-likeness (QED) is 0.572. The van der Waals surface area contributed by atoms with Gasteiger partial charge >= 0.3 is 8.80 Å². The third kappa shape index (κ3) is 5.94. The van der Waals surface area contributed by atoms with Crippen LogP contribution in [0.4, 0.5) is 0 Å². The van der Waals surface area contributed by atoms with Crippen molar-refractivity contribution in [2.45, 2.75) is 98.5 Å². The van der Waals surface area contributed by atoms with E-state index in [-0.39, 0.29) is 23.4 Å². The first-order valence-electron chi connectivity index (χ1n) is 7.59. The normalized spacial score (nSPS) is 13.9. The van der Waals surface area contributed by atoms with Gasteiger partial charge < -0.3 is 13.3 Å². The van der Waals surface area contributed by atoms with E-state index in [2.05, 4.69) is 62.3 Å². The molecule has 0 rings (SSSR count). The van der Waals surface area contributed by atoms with E-state index in [4.69, 9.17) is 13.3 Å². The fraction of sp³-hybridized carbons (Fsp3) is 1.00. The molecule has 0 radical (unpaired) electrons. The maximum Gasteiger partial charge on any atom is 0.507 e. The molecule has 3 nitrogen and oxygen atoms in total. The Balaban J connectivity index is 5.44. The van der Waals surface area contributed by atoms with Crippen LogP contribution in [0, 0.1) is 0 Å². The van der Waals surface area contributed by atoms with Crippen molar-refractivity contribution in [3.8, 4) is 0 Å². The molecule has 0 unspecified atom stereocenters. The molecular weight excluding hydrogens is 256 g/mol. The van der Waals surface area contributed by atoms with Crippen molar-refractivity contribution in [3.05, 3.63) is 0 Å². The zero-order valence-corrected chi connectivity index (χ0v) is 15.4. The Bertz CT molecular complexity index is 223. The van der Waals surface area contributed by atoms with Crippen molar-refractivity contribution < 1.29 is 13.3 Å². The summed E-state index contributed by atoms with van der Waals surface area (Å²) < 4.78 is 18.8. The summed E-state index contributed by atoms with van der Waals surface area (Å²) in [4.78, 5) is 0. The van der Waals surface area contributed by atoms with Gasteiger partial charge in [-0.15, -0.1) is 0 Å². The van der Waals surface area contributed by atoms with Gasteiger partial charge in [-0.3, -0.25) is 0 Å². The minimum absolute atomic E-state index is 0.0689. The molecule has 0 aliphatic rings. The van der Waals surface area contributed by atoms with Gasteiger partial charge in [-0.05, 0) is 48.0 Å². The Labute approximate surface area is 121 Å². The van der Waals surface area contributed by atoms with Gasteiger partial charge in [-0.25, -0.2) is 0 Å². The zero-order valence-electron chi connectivity index (χ0n) is 14.4. The fourth-order valence-corrected chi connectivity index (χ4v) is 5.81. The molecule has 0 amide bonds. The number of hydrogen-bond acceptors (Lipinski definition) is 3. The van der Waals surface area contributed by atoms with Crippen molar-refractivity contribution in [1.82, 2.24) is 0 Å². The molecule has 0 aliphatic carbocycles. The van der Waals surface area contributed by atoms with Crippen LogP contribution < -0.4 is 0 Å². The lowest BCUT2D eigenvalue weighted by atomic mass is 10.1. The third-order valence-corrected chi connectivity index (χ3v) is 7.13. The lowest BCUT2D eigenvalue weighted by Gasteiger charge is -2.44. The maximum atomic E-state index is 6.27. The average molecular weight is 291 g/mol. The van der Waals surface area contributed by atoms with Crippen molar-refractivity contribution in [1.29, 1.82) is 0 Å². The van der Waals surface area contributed by atoms with E-state index in [1.54, 1.807) is 0 Å². The number of hydrogen-bond donors (Lipinski definition) is 0. The summed E-state index contributed by atoms with van der Waals surface area (Å²) in [7, 11) is -2.73. The van der Waals surface area contributed by atoms with E-state index in [9.17, 15) is 0 Å². The van der Waals surface area contributed by atoms with Crippen molar-refractivity contribution in [2.75, 3.05) is 0 Å². The van der Waals surface area contributed by atoms with Gasteiger partial charge in [0, 0.05) is 23.4 Å². The van der Waals surface area contributed by atoms with Crippen LogP contribution in [-0.4, -0.2) is 27.1 Å². The summed E-state index contributed by atoms with van der Waals surface area (Å²) in [6.07, 6.45) is 2.48. The Kier molecular flexibility index (Phi) is 7.81. The minimum atomic E-state index is -2.73. The molecule has 0 atom stereocenters. The van der Waals surface area contributed by atoms with Crippen LogP contribution in [0.1, 0.15) is 75.2 Å². The van der Waals surface area contributed by atoms with Crippen LogP contribution in [0.25, 0.3) is 0 Å². The zero-order chi connectivity index (χ0) is 15.3. The molecule has 0 aromatic rings. The van der Waals surface area contributed by atoms with Crippen LogP contribution in [-0.2, 0) is 13.3 Å². The van der Waals surface area contributed by atoms with Crippen LogP contribution in [0.3, 0.4) is 0 Å². The van der Waals surface area contributed by atoms with E-state index >= 15 is 0 Å². The summed E-state index contributed by atoms with van der Waals surface area (Å²) in [5, 5.41) is -0.0689. The first kappa shape index (κ1) is 19.1. The molecule has 19 heavy (non-hydrogen) atoms. The molecular formula is C15H34O3Si. The molecule has 0 heterocycles. The number of rotatable bonds is 9. The van der Waals surface area contributed by atoms with Crippen molar-refractivity contribution in [3.63, 3.8) is 0 Å². The fourth-order valence-electron chi connectivity index (χ4n) is 2.27. The Morgan fingerprint density at radius 2 is 1.11 bits per heavy atom. The summed E-state index contributed by atoms with van der Waals surface area (Å²) in [5.41, 5.74) is 0. The lowest BCUT2D eigenvalue weighted by Crippen LogP contribution is -2.58. The Morgan fingerprint density at radius 3 is 1.32 bits per heavy atom. The molecule has 0 N–H and O–H groups in total. The highest BCUT2D eigenvalue weighted by Gasteiger charge is 2.56. The molecule has 0 aromatic heterocycles. The van der Waals surface area contributed by atoms with E-state index in [1.807, 2.05) is 0 Å². The van der Waals surface area contributed by atoms with Crippen LogP contribution in [0.15, 0.2) is 0 Å². The van der Waals surface area contributed by atoms with E-state index < -0.39 is 8.80 Å². The monoisotopic (exact) mass is 290 g/mol. The second kappa shape index (κ2) is 7.77. The van der Waals surface area contributed by atoms with E-state index in [1.165, 1.54) is 0 Å². The first-order valence-corrected chi connectivity index (χ1v) is 9.32. The van der Waals surface area contributed by atoms with Gasteiger partial charge in [0.2, 0.25) is 0 Å². The highest BCUT2D eigenvalue weighted by molar-refractivity contribution is 6.64. The molecule has 0 bridgehead atoms. The van der Waals surface area contributed by atoms with Gasteiger partial charge in [0.15, 0.2) is 0 Å². The molecule has 0 saturated carbocycles. The summed E-state index contributed by atoms with van der Waals surface area (Å²) in [6.45, 7) is 18.9. The Hall–Kier alpha value is 0.0969. The second-order valence-electron chi connectivity index (χ2n) is 6.69. The lowest BCUT2D eigenvalue weighted by molar-refractivity contribution is -0.0161. The van der Waals surface area contributed by atoms with Crippen LogP contribution in [0.2, 0.25) is 5.04 Å². The smallest absolute Gasteiger partial charge is 0.371 e. The Morgan fingerprint density at radius 1 is 0.789 bits per heavy atom. The summed E-state index contributed by atoms with van der Waals surface area (Å²) in [6, 6.07) is 0. The molecule has 4 heteroatoms. The van der Waals surface area contributed by atoms with E-state index in [0.717, 1.165) is 12.8 Å².